The van der Waals surface area contributed by atoms with Crippen LogP contribution in [0.2, 0.25) is 5.02 Å². The molecule has 2 aromatic carbocycles. The van der Waals surface area contributed by atoms with Crippen molar-refractivity contribution in [2.24, 2.45) is 23.7 Å². The third kappa shape index (κ3) is 3.84. The predicted molar refractivity (Wildman–Crippen MR) is 129 cm³/mol. The minimum atomic E-state index is -0.740. The van der Waals surface area contributed by atoms with E-state index in [1.807, 2.05) is 6.92 Å². The van der Waals surface area contributed by atoms with E-state index < -0.39 is 18.5 Å². The van der Waals surface area contributed by atoms with Gasteiger partial charge in [-0.25, -0.2) is 9.69 Å². The van der Waals surface area contributed by atoms with Crippen molar-refractivity contribution in [1.82, 2.24) is 0 Å². The van der Waals surface area contributed by atoms with Crippen molar-refractivity contribution in [3.63, 3.8) is 0 Å². The molecule has 1 aliphatic heterocycles. The molecule has 0 aromatic heterocycles. The molecular formula is C25H20BrClN2O5. The van der Waals surface area contributed by atoms with Crippen LogP contribution < -0.4 is 10.2 Å². The lowest BCUT2D eigenvalue weighted by Gasteiger charge is -2.19. The van der Waals surface area contributed by atoms with Crippen molar-refractivity contribution in [2.75, 3.05) is 16.8 Å². The Kier molecular flexibility index (Phi) is 5.81. The molecule has 1 saturated heterocycles. The molecule has 3 aliphatic rings. The number of fused-ring (bicyclic) bond motifs is 5. The number of imide groups is 1. The number of hydrogen-bond donors (Lipinski definition) is 1. The van der Waals surface area contributed by atoms with E-state index in [-0.39, 0.29) is 41.0 Å². The van der Waals surface area contributed by atoms with Gasteiger partial charge in [-0.15, -0.1) is 0 Å². The SMILES string of the molecule is CC1=C[C@H]2C[C@H]1[C@@H]1C(=O)N(c3cccc(C(=O)OCC(=O)Nc4ccc(Br)cc4Cl)c3)C(=O)[C@@H]12. The smallest absolute Gasteiger partial charge is 0.338 e. The number of ether oxygens (including phenoxy) is 1. The zero-order valence-electron chi connectivity index (χ0n) is 18.1. The predicted octanol–water partition coefficient (Wildman–Crippen LogP) is 4.60. The second-order valence-corrected chi connectivity index (χ2v) is 10.1. The van der Waals surface area contributed by atoms with E-state index in [0.29, 0.717) is 16.4 Å². The van der Waals surface area contributed by atoms with Crippen molar-refractivity contribution < 1.29 is 23.9 Å². The number of nitrogens with zero attached hydrogens (tertiary/aromatic N) is 1. The molecule has 7 nitrogen and oxygen atoms in total. The van der Waals surface area contributed by atoms with Gasteiger partial charge >= 0.3 is 5.97 Å². The van der Waals surface area contributed by atoms with Crippen LogP contribution in [0.15, 0.2) is 58.6 Å². The van der Waals surface area contributed by atoms with Crippen LogP contribution in [0.5, 0.6) is 0 Å². The largest absolute Gasteiger partial charge is 0.452 e. The second kappa shape index (κ2) is 8.67. The number of carbonyl (C=O) groups excluding carboxylic acids is 4. The summed E-state index contributed by atoms with van der Waals surface area (Å²) in [6, 6.07) is 11.1. The topological polar surface area (TPSA) is 92.8 Å². The molecular weight excluding hydrogens is 524 g/mol. The summed E-state index contributed by atoms with van der Waals surface area (Å²) in [5.74, 6) is -2.17. The zero-order valence-corrected chi connectivity index (χ0v) is 20.4. The van der Waals surface area contributed by atoms with Crippen LogP contribution in [0.1, 0.15) is 23.7 Å². The van der Waals surface area contributed by atoms with Crippen LogP contribution in [-0.4, -0.2) is 30.3 Å². The van der Waals surface area contributed by atoms with E-state index in [1.165, 1.54) is 22.6 Å². The highest BCUT2D eigenvalue weighted by molar-refractivity contribution is 9.10. The average Bonchev–Trinajstić information content (AvgIpc) is 3.44. The number of hydrogen-bond acceptors (Lipinski definition) is 5. The minimum absolute atomic E-state index is 0.0994. The van der Waals surface area contributed by atoms with Gasteiger partial charge in [0, 0.05) is 4.47 Å². The minimum Gasteiger partial charge on any atom is -0.452 e. The summed E-state index contributed by atoms with van der Waals surface area (Å²) in [4.78, 5) is 52.2. The molecule has 2 bridgehead atoms. The molecule has 9 heteroatoms. The van der Waals surface area contributed by atoms with E-state index in [1.54, 1.807) is 30.3 Å². The fraction of sp³-hybridized carbons (Fsp3) is 0.280. The molecule has 2 aromatic rings. The number of halogens is 2. The van der Waals surface area contributed by atoms with Crippen LogP contribution in [-0.2, 0) is 19.1 Å². The first-order valence-corrected chi connectivity index (χ1v) is 12.0. The Morgan fingerprint density at radius 3 is 2.68 bits per heavy atom. The lowest BCUT2D eigenvalue weighted by atomic mass is 9.82. The molecule has 0 unspecified atom stereocenters. The number of allylic oxidation sites excluding steroid dienone is 2. The summed E-state index contributed by atoms with van der Waals surface area (Å²) in [6.07, 6.45) is 2.97. The van der Waals surface area contributed by atoms with Gasteiger partial charge in [0.15, 0.2) is 6.61 Å². The number of esters is 1. The van der Waals surface area contributed by atoms with Gasteiger partial charge in [-0.05, 0) is 61.6 Å². The highest BCUT2D eigenvalue weighted by Gasteiger charge is 2.60. The van der Waals surface area contributed by atoms with Gasteiger partial charge in [-0.3, -0.25) is 14.4 Å². The third-order valence-corrected chi connectivity index (χ3v) is 7.57. The maximum absolute atomic E-state index is 13.1. The number of carbonyl (C=O) groups is 4. The van der Waals surface area contributed by atoms with Crippen molar-refractivity contribution >= 4 is 62.6 Å². The maximum atomic E-state index is 13.1. The van der Waals surface area contributed by atoms with Crippen LogP contribution in [0.25, 0.3) is 0 Å². The van der Waals surface area contributed by atoms with E-state index in [0.717, 1.165) is 10.9 Å². The number of benzene rings is 2. The first-order chi connectivity index (χ1) is 16.2. The zero-order chi connectivity index (χ0) is 24.1. The summed E-state index contributed by atoms with van der Waals surface area (Å²) in [5, 5.41) is 2.92. The molecule has 5 rings (SSSR count). The molecule has 1 N–H and O–H groups in total. The highest BCUT2D eigenvalue weighted by atomic mass is 79.9. The third-order valence-electron chi connectivity index (χ3n) is 6.76. The molecule has 0 radical (unpaired) electrons. The standard InChI is InChI=1S/C25H20BrClN2O5/c1-12-7-14-9-17(12)22-21(14)23(31)29(24(22)32)16-4-2-3-13(8-16)25(33)34-11-20(30)28-19-6-5-15(26)10-18(19)27/h2-8,10,14,17,21-22H,9,11H2,1H3,(H,28,30)/t14-,17+,21+,22-/m0/s1. The van der Waals surface area contributed by atoms with Gasteiger partial charge in [0.2, 0.25) is 11.8 Å². The lowest BCUT2D eigenvalue weighted by molar-refractivity contribution is -0.123. The van der Waals surface area contributed by atoms with Gasteiger partial charge < -0.3 is 10.1 Å². The van der Waals surface area contributed by atoms with Crippen LogP contribution in [0, 0.1) is 23.7 Å². The normalized spacial score (nSPS) is 24.8. The van der Waals surface area contributed by atoms with Gasteiger partial charge in [0.05, 0.1) is 33.8 Å². The van der Waals surface area contributed by atoms with E-state index in [9.17, 15) is 19.2 Å². The summed E-state index contributed by atoms with van der Waals surface area (Å²) < 4.78 is 5.89. The first-order valence-electron chi connectivity index (χ1n) is 10.8. The molecule has 34 heavy (non-hydrogen) atoms. The Bertz CT molecular complexity index is 1280. The number of rotatable bonds is 5. The molecule has 1 saturated carbocycles. The van der Waals surface area contributed by atoms with Crippen molar-refractivity contribution in [3.05, 3.63) is 69.2 Å². The molecule has 2 aliphatic carbocycles. The molecule has 2 fully saturated rings. The second-order valence-electron chi connectivity index (χ2n) is 8.78. The van der Waals surface area contributed by atoms with E-state index in [2.05, 4.69) is 27.3 Å². The summed E-state index contributed by atoms with van der Waals surface area (Å²) in [5.41, 5.74) is 2.04. The Balaban J connectivity index is 1.25. The van der Waals surface area contributed by atoms with Gasteiger partial charge in [0.1, 0.15) is 0 Å². The molecule has 174 valence electrons. The summed E-state index contributed by atoms with van der Waals surface area (Å²) >= 11 is 9.37. The number of nitrogens with one attached hydrogen (secondary N) is 1. The molecule has 1 heterocycles. The summed E-state index contributed by atoms with van der Waals surface area (Å²) in [7, 11) is 0. The fourth-order valence-corrected chi connectivity index (χ4v) is 6.01. The number of anilines is 2. The monoisotopic (exact) mass is 542 g/mol. The Labute approximate surface area is 209 Å². The highest BCUT2D eigenvalue weighted by Crippen LogP contribution is 2.55. The molecule has 0 spiro atoms. The number of amides is 3. The first kappa shape index (κ1) is 22.8. The Morgan fingerprint density at radius 2 is 1.91 bits per heavy atom. The Morgan fingerprint density at radius 1 is 1.15 bits per heavy atom. The molecule has 4 atom stereocenters. The lowest BCUT2D eigenvalue weighted by Crippen LogP contribution is -2.33. The van der Waals surface area contributed by atoms with E-state index >= 15 is 0 Å². The van der Waals surface area contributed by atoms with Gasteiger partial charge in [-0.2, -0.15) is 0 Å². The summed E-state index contributed by atoms with van der Waals surface area (Å²) in [6.45, 7) is 1.49. The average molecular weight is 544 g/mol. The maximum Gasteiger partial charge on any atom is 0.338 e. The van der Waals surface area contributed by atoms with Gasteiger partial charge in [0.25, 0.3) is 5.91 Å². The van der Waals surface area contributed by atoms with Gasteiger partial charge in [-0.1, -0.05) is 45.2 Å². The molecule has 3 amide bonds. The van der Waals surface area contributed by atoms with Crippen molar-refractivity contribution in [1.29, 1.82) is 0 Å². The Hall–Kier alpha value is -2.97. The van der Waals surface area contributed by atoms with Crippen LogP contribution in [0.4, 0.5) is 11.4 Å². The van der Waals surface area contributed by atoms with Crippen LogP contribution >= 0.6 is 27.5 Å². The van der Waals surface area contributed by atoms with Crippen LogP contribution in [0.3, 0.4) is 0 Å². The van der Waals surface area contributed by atoms with Crippen molar-refractivity contribution in [3.8, 4) is 0 Å². The van der Waals surface area contributed by atoms with Crippen molar-refractivity contribution in [2.45, 2.75) is 13.3 Å². The fourth-order valence-electron chi connectivity index (χ4n) is 5.29. The van der Waals surface area contributed by atoms with E-state index in [4.69, 9.17) is 16.3 Å². The quantitative estimate of drug-likeness (QED) is 0.338.